The van der Waals surface area contributed by atoms with Crippen molar-refractivity contribution in [2.24, 2.45) is 0 Å². The number of hydrogen-bond acceptors (Lipinski definition) is 11. The van der Waals surface area contributed by atoms with E-state index in [1.807, 2.05) is 11.8 Å². The van der Waals surface area contributed by atoms with Crippen molar-refractivity contribution in [2.75, 3.05) is 57.8 Å². The number of esters is 1. The summed E-state index contributed by atoms with van der Waals surface area (Å²) >= 11 is 1.84. The number of ether oxygens (including phenoxy) is 4. The minimum Gasteiger partial charge on any atom is -0.490 e. The molecule has 2 saturated heterocycles. The fourth-order valence-electron chi connectivity index (χ4n) is 5.76. The van der Waals surface area contributed by atoms with E-state index < -0.39 is 16.7 Å². The molecule has 18 heteroatoms. The summed E-state index contributed by atoms with van der Waals surface area (Å²) in [6.45, 7) is 0.687. The standard InChI is InChI=1S/C33H39F3N6O8S/c1-37-24-9-7-22(42(45)46)17-27(24)41-18-25(38-20-41)23-8-6-21(33(34,35)36)16-28(23)49-14-12-47-10-11-48-13-15-50-30(43)5-3-2-4-29-31-26(19-51-29)39-32(44)40-31/h6-9,16-18,20,26,29,31,37H,2-5,10-15,19H2,1H3,(H2,39,40,44)/t26-,29-,31-/m0/s1. The zero-order valence-corrected chi connectivity index (χ0v) is 28.6. The molecular formula is C33H39F3N6O8S. The summed E-state index contributed by atoms with van der Waals surface area (Å²) in [5, 5.41) is 20.5. The lowest BCUT2D eigenvalue weighted by Gasteiger charge is -2.16. The van der Waals surface area contributed by atoms with Crippen molar-refractivity contribution >= 4 is 35.1 Å². The Morgan fingerprint density at radius 2 is 1.84 bits per heavy atom. The number of nitrogens with zero attached hydrogens (tertiary/aromatic N) is 3. The number of unbranched alkanes of at least 4 members (excludes halogenated alkanes) is 1. The Hall–Kier alpha value is -4.55. The zero-order chi connectivity index (χ0) is 36.4. The van der Waals surface area contributed by atoms with E-state index in [0.717, 1.165) is 30.7 Å². The van der Waals surface area contributed by atoms with Gasteiger partial charge in [-0.1, -0.05) is 6.42 Å². The van der Waals surface area contributed by atoms with Gasteiger partial charge in [0.25, 0.3) is 5.69 Å². The average molecular weight is 737 g/mol. The quantitative estimate of drug-likeness (QED) is 0.0487. The van der Waals surface area contributed by atoms with Gasteiger partial charge < -0.3 is 39.5 Å². The molecule has 2 aromatic carbocycles. The molecule has 3 heterocycles. The predicted octanol–water partition coefficient (Wildman–Crippen LogP) is 5.19. The third-order valence-corrected chi connectivity index (χ3v) is 9.82. The number of aromatic nitrogens is 2. The number of amides is 2. The first-order chi connectivity index (χ1) is 24.5. The summed E-state index contributed by atoms with van der Waals surface area (Å²) in [5.41, 5.74) is 0.555. The highest BCUT2D eigenvalue weighted by molar-refractivity contribution is 8.00. The van der Waals surface area contributed by atoms with Crippen molar-refractivity contribution in [3.63, 3.8) is 0 Å². The van der Waals surface area contributed by atoms with Gasteiger partial charge in [-0.25, -0.2) is 9.78 Å². The number of urea groups is 1. The van der Waals surface area contributed by atoms with Gasteiger partial charge in [-0.2, -0.15) is 24.9 Å². The Kier molecular flexibility index (Phi) is 13.0. The fourth-order valence-corrected chi connectivity index (χ4v) is 7.30. The number of nitro groups is 1. The van der Waals surface area contributed by atoms with Gasteiger partial charge >= 0.3 is 18.2 Å². The third kappa shape index (κ3) is 10.3. The first-order valence-electron chi connectivity index (χ1n) is 16.4. The van der Waals surface area contributed by atoms with E-state index in [9.17, 15) is 32.9 Å². The Morgan fingerprint density at radius 3 is 2.59 bits per heavy atom. The lowest BCUT2D eigenvalue weighted by atomic mass is 10.0. The van der Waals surface area contributed by atoms with Crippen LogP contribution in [0.5, 0.6) is 5.75 Å². The number of anilines is 1. The molecule has 0 spiro atoms. The van der Waals surface area contributed by atoms with Crippen molar-refractivity contribution in [2.45, 2.75) is 49.2 Å². The van der Waals surface area contributed by atoms with Crippen molar-refractivity contribution in [3.8, 4) is 22.7 Å². The molecule has 0 saturated carbocycles. The van der Waals surface area contributed by atoms with Crippen LogP contribution in [0.25, 0.3) is 16.9 Å². The van der Waals surface area contributed by atoms with Gasteiger partial charge in [0, 0.05) is 48.4 Å². The van der Waals surface area contributed by atoms with Gasteiger partial charge in [0.15, 0.2) is 0 Å². The summed E-state index contributed by atoms with van der Waals surface area (Å²) in [7, 11) is 1.66. The van der Waals surface area contributed by atoms with E-state index in [-0.39, 0.29) is 75.2 Å². The summed E-state index contributed by atoms with van der Waals surface area (Å²) in [4.78, 5) is 38.6. The van der Waals surface area contributed by atoms with E-state index in [1.165, 1.54) is 29.1 Å². The van der Waals surface area contributed by atoms with Crippen LogP contribution in [0, 0.1) is 10.1 Å². The molecule has 0 radical (unpaired) electrons. The number of halogens is 3. The third-order valence-electron chi connectivity index (χ3n) is 8.31. The van der Waals surface area contributed by atoms with Crippen LogP contribution in [0.15, 0.2) is 48.9 Å². The number of nitrogens with one attached hydrogen (secondary N) is 3. The van der Waals surface area contributed by atoms with E-state index in [2.05, 4.69) is 20.9 Å². The van der Waals surface area contributed by atoms with Crippen LogP contribution in [0.4, 0.5) is 29.3 Å². The van der Waals surface area contributed by atoms with Crippen molar-refractivity contribution < 1.29 is 46.6 Å². The second-order valence-corrected chi connectivity index (χ2v) is 13.0. The van der Waals surface area contributed by atoms with Crippen LogP contribution in [-0.4, -0.2) is 96.3 Å². The zero-order valence-electron chi connectivity index (χ0n) is 27.8. The van der Waals surface area contributed by atoms with Crippen molar-refractivity contribution in [1.29, 1.82) is 0 Å². The van der Waals surface area contributed by atoms with Crippen molar-refractivity contribution in [3.05, 3.63) is 64.6 Å². The first kappa shape index (κ1) is 37.7. The Morgan fingerprint density at radius 1 is 1.08 bits per heavy atom. The van der Waals surface area contributed by atoms with Gasteiger partial charge in [-0.15, -0.1) is 0 Å². The second-order valence-electron chi connectivity index (χ2n) is 11.7. The number of hydrogen-bond donors (Lipinski definition) is 3. The molecule has 2 fully saturated rings. The number of rotatable bonds is 19. The van der Waals surface area contributed by atoms with Gasteiger partial charge in [0.2, 0.25) is 0 Å². The molecule has 5 rings (SSSR count). The molecule has 2 amide bonds. The molecule has 2 aliphatic rings. The molecule has 14 nitrogen and oxygen atoms in total. The summed E-state index contributed by atoms with van der Waals surface area (Å²) < 4.78 is 64.0. The Balaban J connectivity index is 1.00. The lowest BCUT2D eigenvalue weighted by Crippen LogP contribution is -2.36. The van der Waals surface area contributed by atoms with Crippen LogP contribution in [-0.2, 0) is 25.2 Å². The maximum absolute atomic E-state index is 13.5. The Bertz CT molecular complexity index is 1680. The molecule has 0 bridgehead atoms. The summed E-state index contributed by atoms with van der Waals surface area (Å²) in [6, 6.07) is 7.57. The molecule has 0 aliphatic carbocycles. The van der Waals surface area contributed by atoms with Crippen LogP contribution in [0.3, 0.4) is 0 Å². The summed E-state index contributed by atoms with van der Waals surface area (Å²) in [6.07, 6.45) is 1.15. The minimum atomic E-state index is -4.60. The molecule has 3 atom stereocenters. The van der Waals surface area contributed by atoms with Crippen LogP contribution in [0.1, 0.15) is 31.2 Å². The minimum absolute atomic E-state index is 0.0599. The molecule has 3 N–H and O–H groups in total. The molecule has 2 aliphatic heterocycles. The van der Waals surface area contributed by atoms with Gasteiger partial charge in [-0.3, -0.25) is 14.9 Å². The second kappa shape index (κ2) is 17.6. The van der Waals surface area contributed by atoms with Crippen molar-refractivity contribution in [1.82, 2.24) is 20.2 Å². The number of imidazole rings is 1. The highest BCUT2D eigenvalue weighted by atomic mass is 32.2. The first-order valence-corrected chi connectivity index (χ1v) is 17.4. The normalized spacial score (nSPS) is 18.2. The average Bonchev–Trinajstić information content (AvgIpc) is 3.83. The largest absolute Gasteiger partial charge is 0.490 e. The molecule has 0 unspecified atom stereocenters. The smallest absolute Gasteiger partial charge is 0.416 e. The van der Waals surface area contributed by atoms with E-state index in [4.69, 9.17) is 18.9 Å². The highest BCUT2D eigenvalue weighted by Crippen LogP contribution is 2.38. The maximum Gasteiger partial charge on any atom is 0.416 e. The predicted molar refractivity (Wildman–Crippen MR) is 182 cm³/mol. The highest BCUT2D eigenvalue weighted by Gasteiger charge is 2.42. The number of alkyl halides is 3. The van der Waals surface area contributed by atoms with E-state index in [1.54, 1.807) is 19.3 Å². The number of non-ortho nitro benzene ring substituents is 1. The Labute approximate surface area is 295 Å². The number of carbonyl (C=O) groups excluding carboxylic acids is 2. The molecule has 1 aromatic heterocycles. The van der Waals surface area contributed by atoms with Crippen LogP contribution >= 0.6 is 11.8 Å². The van der Waals surface area contributed by atoms with E-state index >= 15 is 0 Å². The fraction of sp³-hybridized carbons (Fsp3) is 0.485. The number of nitro benzene ring substituents is 1. The topological polar surface area (TPSA) is 168 Å². The molecule has 51 heavy (non-hydrogen) atoms. The van der Waals surface area contributed by atoms with Gasteiger partial charge in [0.05, 0.1) is 72.4 Å². The number of fused-ring (bicyclic) bond motifs is 1. The van der Waals surface area contributed by atoms with E-state index in [0.29, 0.717) is 40.7 Å². The number of carbonyl (C=O) groups is 2. The molecule has 3 aromatic rings. The SMILES string of the molecule is CNc1ccc([N+](=O)[O-])cc1-n1cnc(-c2ccc(C(F)(F)F)cc2OCCOCCOCCOC(=O)CCCC[C@@H]2SC[C@@H]3NC(=O)N[C@@H]32)c1. The summed E-state index contributed by atoms with van der Waals surface area (Å²) in [5.74, 6) is 0.541. The lowest BCUT2D eigenvalue weighted by molar-refractivity contribution is -0.384. The maximum atomic E-state index is 13.5. The number of thioether (sulfide) groups is 1. The monoisotopic (exact) mass is 736 g/mol. The van der Waals surface area contributed by atoms with Crippen LogP contribution in [0.2, 0.25) is 0 Å². The number of benzene rings is 2. The van der Waals surface area contributed by atoms with Gasteiger partial charge in [-0.05, 0) is 37.1 Å². The van der Waals surface area contributed by atoms with Crippen LogP contribution < -0.4 is 20.7 Å². The molecule has 276 valence electrons. The molecular weight excluding hydrogens is 697 g/mol. The van der Waals surface area contributed by atoms with Gasteiger partial charge in [0.1, 0.15) is 19.0 Å².